The van der Waals surface area contributed by atoms with Crippen LogP contribution in [0.25, 0.3) is 0 Å². The zero-order valence-electron chi connectivity index (χ0n) is 12.2. The number of rotatable bonds is 5. The zero-order chi connectivity index (χ0) is 16.8. The fourth-order valence-corrected chi connectivity index (χ4v) is 1.86. The van der Waals surface area contributed by atoms with Crippen molar-refractivity contribution in [3.8, 4) is 5.75 Å². The second kappa shape index (κ2) is 7.78. The Morgan fingerprint density at radius 1 is 1.17 bits per heavy atom. The van der Waals surface area contributed by atoms with Crippen LogP contribution in [0.5, 0.6) is 5.75 Å². The summed E-state index contributed by atoms with van der Waals surface area (Å²) < 4.78 is 36.3. The lowest BCUT2D eigenvalue weighted by atomic mass is 10.2. The second-order valence-electron chi connectivity index (χ2n) is 4.64. The Morgan fingerprint density at radius 2 is 1.96 bits per heavy atom. The van der Waals surface area contributed by atoms with Crippen LogP contribution in [0.2, 0.25) is 5.02 Å². The first-order valence-corrected chi connectivity index (χ1v) is 7.11. The SMILES string of the molecule is Cc1cc(OCCOC(=O)Nc2ccc(F)cc2F)ccc1Cl. The maximum absolute atomic E-state index is 13.3. The molecule has 0 aliphatic heterocycles. The number of hydrogen-bond acceptors (Lipinski definition) is 3. The quantitative estimate of drug-likeness (QED) is 0.811. The monoisotopic (exact) mass is 341 g/mol. The van der Waals surface area contributed by atoms with Crippen molar-refractivity contribution in [2.45, 2.75) is 6.92 Å². The van der Waals surface area contributed by atoms with Crippen LogP contribution in [-0.2, 0) is 4.74 Å². The molecule has 1 amide bonds. The Balaban J connectivity index is 1.75. The molecule has 0 saturated heterocycles. The van der Waals surface area contributed by atoms with E-state index in [1.807, 2.05) is 6.92 Å². The molecular formula is C16H14ClF2NO3. The van der Waals surface area contributed by atoms with Crippen LogP contribution in [0, 0.1) is 18.6 Å². The largest absolute Gasteiger partial charge is 0.490 e. The zero-order valence-corrected chi connectivity index (χ0v) is 13.0. The van der Waals surface area contributed by atoms with E-state index in [0.29, 0.717) is 16.8 Å². The van der Waals surface area contributed by atoms with Gasteiger partial charge in [0.15, 0.2) is 0 Å². The fraction of sp³-hybridized carbons (Fsp3) is 0.188. The van der Waals surface area contributed by atoms with Crippen LogP contribution in [0.1, 0.15) is 5.56 Å². The van der Waals surface area contributed by atoms with Crippen molar-refractivity contribution in [1.29, 1.82) is 0 Å². The van der Waals surface area contributed by atoms with Gasteiger partial charge in [0, 0.05) is 11.1 Å². The smallest absolute Gasteiger partial charge is 0.411 e. The summed E-state index contributed by atoms with van der Waals surface area (Å²) in [6.07, 6.45) is -0.855. The Kier molecular flexibility index (Phi) is 5.76. The van der Waals surface area contributed by atoms with E-state index >= 15 is 0 Å². The van der Waals surface area contributed by atoms with Gasteiger partial charge in [-0.25, -0.2) is 13.6 Å². The lowest BCUT2D eigenvalue weighted by molar-refractivity contribution is 0.137. The van der Waals surface area contributed by atoms with E-state index in [1.54, 1.807) is 18.2 Å². The van der Waals surface area contributed by atoms with E-state index in [2.05, 4.69) is 5.32 Å². The third-order valence-electron chi connectivity index (χ3n) is 2.88. The number of hydrogen-bond donors (Lipinski definition) is 1. The highest BCUT2D eigenvalue weighted by molar-refractivity contribution is 6.31. The van der Waals surface area contributed by atoms with E-state index in [-0.39, 0.29) is 18.9 Å². The van der Waals surface area contributed by atoms with Crippen LogP contribution in [0.4, 0.5) is 19.3 Å². The summed E-state index contributed by atoms with van der Waals surface area (Å²) in [6.45, 7) is 1.94. The third kappa shape index (κ3) is 5.10. The second-order valence-corrected chi connectivity index (χ2v) is 5.05. The van der Waals surface area contributed by atoms with Crippen LogP contribution >= 0.6 is 11.6 Å². The summed E-state index contributed by atoms with van der Waals surface area (Å²) in [5.74, 6) is -1.01. The first-order valence-electron chi connectivity index (χ1n) is 6.73. The molecule has 0 spiro atoms. The van der Waals surface area contributed by atoms with E-state index < -0.39 is 17.7 Å². The van der Waals surface area contributed by atoms with E-state index in [4.69, 9.17) is 21.1 Å². The molecule has 2 aromatic rings. The van der Waals surface area contributed by atoms with Gasteiger partial charge in [0.25, 0.3) is 0 Å². The minimum absolute atomic E-state index is 0.0314. The van der Waals surface area contributed by atoms with Crippen molar-refractivity contribution in [2.24, 2.45) is 0 Å². The highest BCUT2D eigenvalue weighted by Crippen LogP contribution is 2.21. The number of aryl methyl sites for hydroxylation is 1. The highest BCUT2D eigenvalue weighted by atomic mass is 35.5. The van der Waals surface area contributed by atoms with Gasteiger partial charge in [0.05, 0.1) is 5.69 Å². The van der Waals surface area contributed by atoms with Crippen molar-refractivity contribution >= 4 is 23.4 Å². The predicted molar refractivity (Wildman–Crippen MR) is 83.0 cm³/mol. The van der Waals surface area contributed by atoms with Gasteiger partial charge in [0.2, 0.25) is 0 Å². The summed E-state index contributed by atoms with van der Waals surface area (Å²) in [5.41, 5.74) is 0.709. The Hall–Kier alpha value is -2.34. The summed E-state index contributed by atoms with van der Waals surface area (Å²) in [6, 6.07) is 7.97. The molecular weight excluding hydrogens is 328 g/mol. The molecule has 0 bridgehead atoms. The molecule has 0 radical (unpaired) electrons. The minimum atomic E-state index is -0.880. The fourth-order valence-electron chi connectivity index (χ4n) is 1.74. The number of amides is 1. The first kappa shape index (κ1) is 17.0. The normalized spacial score (nSPS) is 10.3. The van der Waals surface area contributed by atoms with Crippen molar-refractivity contribution in [1.82, 2.24) is 0 Å². The standard InChI is InChI=1S/C16H14ClF2NO3/c1-10-8-12(3-4-13(10)17)22-6-7-23-16(21)20-15-5-2-11(18)9-14(15)19/h2-5,8-9H,6-7H2,1H3,(H,20,21). The number of nitrogens with one attached hydrogen (secondary N) is 1. The molecule has 23 heavy (non-hydrogen) atoms. The first-order chi connectivity index (χ1) is 11.0. The third-order valence-corrected chi connectivity index (χ3v) is 3.31. The van der Waals surface area contributed by atoms with Crippen LogP contribution in [-0.4, -0.2) is 19.3 Å². The van der Waals surface area contributed by atoms with Gasteiger partial charge in [-0.05, 0) is 42.8 Å². The molecule has 0 atom stereocenters. The van der Waals surface area contributed by atoms with Crippen molar-refractivity contribution in [3.63, 3.8) is 0 Å². The van der Waals surface area contributed by atoms with E-state index in [1.165, 1.54) is 0 Å². The van der Waals surface area contributed by atoms with Crippen LogP contribution in [0.3, 0.4) is 0 Å². The number of ether oxygens (including phenoxy) is 2. The molecule has 0 fully saturated rings. The molecule has 0 aliphatic carbocycles. The van der Waals surface area contributed by atoms with Crippen LogP contribution in [0.15, 0.2) is 36.4 Å². The molecule has 122 valence electrons. The van der Waals surface area contributed by atoms with Gasteiger partial charge in [0.1, 0.15) is 30.6 Å². The van der Waals surface area contributed by atoms with Gasteiger partial charge in [-0.1, -0.05) is 11.6 Å². The number of carbonyl (C=O) groups is 1. The number of halogens is 3. The summed E-state index contributed by atoms with van der Waals surface area (Å²) in [4.78, 5) is 11.5. The maximum Gasteiger partial charge on any atom is 0.411 e. The summed E-state index contributed by atoms with van der Waals surface area (Å²) >= 11 is 5.90. The molecule has 2 rings (SSSR count). The lowest BCUT2D eigenvalue weighted by Crippen LogP contribution is -2.18. The molecule has 0 heterocycles. The van der Waals surface area contributed by atoms with E-state index in [0.717, 1.165) is 17.7 Å². The summed E-state index contributed by atoms with van der Waals surface area (Å²) in [5, 5.41) is 2.81. The summed E-state index contributed by atoms with van der Waals surface area (Å²) in [7, 11) is 0. The topological polar surface area (TPSA) is 47.6 Å². The molecule has 0 aliphatic rings. The van der Waals surface area contributed by atoms with Gasteiger partial charge < -0.3 is 9.47 Å². The average molecular weight is 342 g/mol. The molecule has 4 nitrogen and oxygen atoms in total. The predicted octanol–water partition coefficient (Wildman–Crippen LogP) is 4.55. The Bertz CT molecular complexity index is 710. The van der Waals surface area contributed by atoms with Gasteiger partial charge >= 0.3 is 6.09 Å². The molecule has 1 N–H and O–H groups in total. The molecule has 0 saturated carbocycles. The van der Waals surface area contributed by atoms with Crippen molar-refractivity contribution < 1.29 is 23.0 Å². The number of carbonyl (C=O) groups excluding carboxylic acids is 1. The van der Waals surface area contributed by atoms with Crippen molar-refractivity contribution in [3.05, 3.63) is 58.6 Å². The van der Waals surface area contributed by atoms with Crippen molar-refractivity contribution in [2.75, 3.05) is 18.5 Å². The maximum atomic E-state index is 13.3. The molecule has 2 aromatic carbocycles. The van der Waals surface area contributed by atoms with Gasteiger partial charge in [-0.3, -0.25) is 5.32 Å². The van der Waals surface area contributed by atoms with E-state index in [9.17, 15) is 13.6 Å². The molecule has 0 unspecified atom stereocenters. The minimum Gasteiger partial charge on any atom is -0.490 e. The molecule has 7 heteroatoms. The molecule has 0 aromatic heterocycles. The van der Waals surface area contributed by atoms with Crippen LogP contribution < -0.4 is 10.1 Å². The Labute approximate surface area is 137 Å². The highest BCUT2D eigenvalue weighted by Gasteiger charge is 2.08. The van der Waals surface area contributed by atoms with Gasteiger partial charge in [-0.2, -0.15) is 0 Å². The number of benzene rings is 2. The lowest BCUT2D eigenvalue weighted by Gasteiger charge is -2.10. The Morgan fingerprint density at radius 3 is 2.65 bits per heavy atom. The average Bonchev–Trinajstić information content (AvgIpc) is 2.50. The van der Waals surface area contributed by atoms with Gasteiger partial charge in [-0.15, -0.1) is 0 Å². The number of anilines is 1.